The number of hydrogen-bond donors (Lipinski definition) is 1. The fourth-order valence-electron chi connectivity index (χ4n) is 1.71. The molecule has 1 N–H and O–H groups in total. The Labute approximate surface area is 117 Å². The first-order valence-corrected chi connectivity index (χ1v) is 6.50. The molecule has 18 heavy (non-hydrogen) atoms. The van der Waals surface area contributed by atoms with Gasteiger partial charge < -0.3 is 5.32 Å². The molecule has 0 saturated carbocycles. The molecule has 1 aromatic heterocycles. The summed E-state index contributed by atoms with van der Waals surface area (Å²) in [6, 6.07) is 9.71. The van der Waals surface area contributed by atoms with Crippen LogP contribution < -0.4 is 5.32 Å². The number of rotatable bonds is 4. The van der Waals surface area contributed by atoms with Crippen LogP contribution in [0.25, 0.3) is 0 Å². The van der Waals surface area contributed by atoms with E-state index in [0.717, 1.165) is 11.1 Å². The molecule has 4 heteroatoms. The first kappa shape index (κ1) is 13.3. The fraction of sp³-hybridized carbons (Fsp3) is 0.214. The van der Waals surface area contributed by atoms with Crippen molar-refractivity contribution in [1.29, 1.82) is 0 Å². The van der Waals surface area contributed by atoms with Gasteiger partial charge in [0.15, 0.2) is 0 Å². The molecule has 0 radical (unpaired) electrons. The van der Waals surface area contributed by atoms with Gasteiger partial charge in [-0.05, 0) is 30.7 Å². The standard InChI is InChI=1S/C14H14Cl2N2/c1-10(11-4-3-7-17-8-11)18-9-12-13(15)5-2-6-14(12)16/h2-8,10,18H,9H2,1H3/t10-/m0/s1. The highest BCUT2D eigenvalue weighted by Crippen LogP contribution is 2.24. The van der Waals surface area contributed by atoms with Gasteiger partial charge in [0.05, 0.1) is 0 Å². The predicted octanol–water partition coefficient (Wildman–Crippen LogP) is 4.24. The molecule has 0 bridgehead atoms. The summed E-state index contributed by atoms with van der Waals surface area (Å²) in [5, 5.41) is 4.76. The average Bonchev–Trinajstić information content (AvgIpc) is 2.39. The molecule has 0 amide bonds. The number of nitrogens with zero attached hydrogens (tertiary/aromatic N) is 1. The fourth-order valence-corrected chi connectivity index (χ4v) is 2.24. The number of benzene rings is 1. The molecular weight excluding hydrogens is 267 g/mol. The zero-order chi connectivity index (χ0) is 13.0. The van der Waals surface area contributed by atoms with Crippen molar-refractivity contribution in [2.24, 2.45) is 0 Å². The molecule has 2 rings (SSSR count). The van der Waals surface area contributed by atoms with Crippen molar-refractivity contribution in [3.05, 3.63) is 63.9 Å². The molecule has 0 unspecified atom stereocenters. The molecule has 0 aliphatic rings. The van der Waals surface area contributed by atoms with E-state index in [4.69, 9.17) is 23.2 Å². The molecule has 1 aromatic carbocycles. The molecule has 1 heterocycles. The third-order valence-electron chi connectivity index (χ3n) is 2.83. The molecule has 0 aliphatic heterocycles. The number of halogens is 2. The Balaban J connectivity index is 2.04. The van der Waals surface area contributed by atoms with Gasteiger partial charge >= 0.3 is 0 Å². The summed E-state index contributed by atoms with van der Waals surface area (Å²) < 4.78 is 0. The largest absolute Gasteiger partial charge is 0.306 e. The van der Waals surface area contributed by atoms with Crippen molar-refractivity contribution in [2.75, 3.05) is 0 Å². The minimum atomic E-state index is 0.200. The Morgan fingerprint density at radius 2 is 1.89 bits per heavy atom. The van der Waals surface area contributed by atoms with Gasteiger partial charge in [0.2, 0.25) is 0 Å². The maximum Gasteiger partial charge on any atom is 0.0465 e. The smallest absolute Gasteiger partial charge is 0.0465 e. The summed E-state index contributed by atoms with van der Waals surface area (Å²) in [5.74, 6) is 0. The molecule has 0 fully saturated rings. The zero-order valence-corrected chi connectivity index (χ0v) is 11.5. The quantitative estimate of drug-likeness (QED) is 0.906. The van der Waals surface area contributed by atoms with E-state index in [1.54, 1.807) is 6.20 Å². The van der Waals surface area contributed by atoms with E-state index in [-0.39, 0.29) is 6.04 Å². The van der Waals surface area contributed by atoms with Crippen molar-refractivity contribution < 1.29 is 0 Å². The Kier molecular flexibility index (Phi) is 4.59. The van der Waals surface area contributed by atoms with Crippen LogP contribution in [0.3, 0.4) is 0 Å². The number of aromatic nitrogens is 1. The summed E-state index contributed by atoms with van der Waals surface area (Å²) in [5.41, 5.74) is 2.07. The van der Waals surface area contributed by atoms with Crippen LogP contribution in [0.1, 0.15) is 24.1 Å². The van der Waals surface area contributed by atoms with Crippen LogP contribution >= 0.6 is 23.2 Å². The first-order valence-electron chi connectivity index (χ1n) is 5.74. The van der Waals surface area contributed by atoms with Crippen molar-refractivity contribution in [2.45, 2.75) is 19.5 Å². The Hall–Kier alpha value is -1.09. The highest BCUT2D eigenvalue weighted by Gasteiger charge is 2.08. The molecule has 0 spiro atoms. The van der Waals surface area contributed by atoms with E-state index in [1.165, 1.54) is 0 Å². The van der Waals surface area contributed by atoms with E-state index in [0.29, 0.717) is 16.6 Å². The monoisotopic (exact) mass is 280 g/mol. The number of hydrogen-bond acceptors (Lipinski definition) is 2. The summed E-state index contributed by atoms with van der Waals surface area (Å²) in [7, 11) is 0. The maximum atomic E-state index is 6.12. The van der Waals surface area contributed by atoms with Crippen LogP contribution in [0.4, 0.5) is 0 Å². The second-order valence-corrected chi connectivity index (χ2v) is 4.90. The minimum absolute atomic E-state index is 0.200. The lowest BCUT2D eigenvalue weighted by Gasteiger charge is -2.15. The van der Waals surface area contributed by atoms with E-state index in [9.17, 15) is 0 Å². The lowest BCUT2D eigenvalue weighted by molar-refractivity contribution is 0.573. The van der Waals surface area contributed by atoms with E-state index < -0.39 is 0 Å². The molecule has 2 aromatic rings. The van der Waals surface area contributed by atoms with Gasteiger partial charge in [0, 0.05) is 40.6 Å². The number of nitrogens with one attached hydrogen (secondary N) is 1. The van der Waals surface area contributed by atoms with E-state index in [2.05, 4.69) is 17.2 Å². The first-order chi connectivity index (χ1) is 8.68. The third kappa shape index (κ3) is 3.22. The van der Waals surface area contributed by atoms with Crippen LogP contribution in [0.2, 0.25) is 10.0 Å². The summed E-state index contributed by atoms with van der Waals surface area (Å²) in [6.07, 6.45) is 3.62. The van der Waals surface area contributed by atoms with Crippen molar-refractivity contribution >= 4 is 23.2 Å². The molecule has 1 atom stereocenters. The Morgan fingerprint density at radius 1 is 1.17 bits per heavy atom. The second kappa shape index (κ2) is 6.19. The summed E-state index contributed by atoms with van der Waals surface area (Å²) in [6.45, 7) is 2.72. The van der Waals surface area contributed by atoms with Crippen molar-refractivity contribution in [1.82, 2.24) is 10.3 Å². The maximum absolute atomic E-state index is 6.12. The van der Waals surface area contributed by atoms with Crippen LogP contribution in [-0.4, -0.2) is 4.98 Å². The third-order valence-corrected chi connectivity index (χ3v) is 3.54. The molecule has 0 aliphatic carbocycles. The van der Waals surface area contributed by atoms with Gasteiger partial charge in [-0.1, -0.05) is 35.3 Å². The normalized spacial score (nSPS) is 12.4. The molecule has 2 nitrogen and oxygen atoms in total. The highest BCUT2D eigenvalue weighted by molar-refractivity contribution is 6.35. The Morgan fingerprint density at radius 3 is 2.50 bits per heavy atom. The second-order valence-electron chi connectivity index (χ2n) is 4.09. The zero-order valence-electron chi connectivity index (χ0n) is 10.0. The van der Waals surface area contributed by atoms with Gasteiger partial charge in [-0.15, -0.1) is 0 Å². The highest BCUT2D eigenvalue weighted by atomic mass is 35.5. The molecular formula is C14H14Cl2N2. The topological polar surface area (TPSA) is 24.9 Å². The summed E-state index contributed by atoms with van der Waals surface area (Å²) in [4.78, 5) is 4.10. The SMILES string of the molecule is C[C@H](NCc1c(Cl)cccc1Cl)c1cccnc1. The van der Waals surface area contributed by atoms with Gasteiger partial charge in [0.25, 0.3) is 0 Å². The molecule has 0 saturated heterocycles. The van der Waals surface area contributed by atoms with Crippen LogP contribution in [-0.2, 0) is 6.54 Å². The Bertz CT molecular complexity index is 494. The van der Waals surface area contributed by atoms with Gasteiger partial charge in [-0.25, -0.2) is 0 Å². The van der Waals surface area contributed by atoms with Gasteiger partial charge in [0.1, 0.15) is 0 Å². The van der Waals surface area contributed by atoms with Gasteiger partial charge in [-0.2, -0.15) is 0 Å². The van der Waals surface area contributed by atoms with E-state index >= 15 is 0 Å². The lowest BCUT2D eigenvalue weighted by Crippen LogP contribution is -2.18. The number of pyridine rings is 1. The van der Waals surface area contributed by atoms with Gasteiger partial charge in [-0.3, -0.25) is 4.98 Å². The lowest BCUT2D eigenvalue weighted by atomic mass is 10.1. The van der Waals surface area contributed by atoms with Crippen molar-refractivity contribution in [3.8, 4) is 0 Å². The predicted molar refractivity (Wildman–Crippen MR) is 76.0 cm³/mol. The van der Waals surface area contributed by atoms with E-state index in [1.807, 2.05) is 36.5 Å². The summed E-state index contributed by atoms with van der Waals surface area (Å²) >= 11 is 12.2. The average molecular weight is 281 g/mol. The molecule has 94 valence electrons. The minimum Gasteiger partial charge on any atom is -0.306 e. The van der Waals surface area contributed by atoms with Crippen molar-refractivity contribution in [3.63, 3.8) is 0 Å². The van der Waals surface area contributed by atoms with Crippen LogP contribution in [0.15, 0.2) is 42.7 Å². The van der Waals surface area contributed by atoms with Crippen LogP contribution in [0, 0.1) is 0 Å². The van der Waals surface area contributed by atoms with Crippen LogP contribution in [0.5, 0.6) is 0 Å².